The lowest BCUT2D eigenvalue weighted by atomic mass is 9.93. The monoisotopic (exact) mass is 446 g/mol. The predicted molar refractivity (Wildman–Crippen MR) is 122 cm³/mol. The first-order chi connectivity index (χ1) is 15.3. The summed E-state index contributed by atoms with van der Waals surface area (Å²) in [6.45, 7) is 11.0. The highest BCUT2D eigenvalue weighted by Crippen LogP contribution is 2.41. The fourth-order valence-corrected chi connectivity index (χ4v) is 3.80. The van der Waals surface area contributed by atoms with Crippen LogP contribution in [-0.4, -0.2) is 49.7 Å². The second kappa shape index (κ2) is 11.5. The van der Waals surface area contributed by atoms with Gasteiger partial charge in [-0.15, -0.1) is 0 Å². The Balaban J connectivity index is 2.45. The van der Waals surface area contributed by atoms with Crippen LogP contribution in [0.3, 0.4) is 0 Å². The molecule has 1 aliphatic rings. The third-order valence-corrected chi connectivity index (χ3v) is 5.64. The van der Waals surface area contributed by atoms with Gasteiger partial charge in [-0.25, -0.2) is 9.59 Å². The summed E-state index contributed by atoms with van der Waals surface area (Å²) in [4.78, 5) is 38.7. The maximum absolute atomic E-state index is 12.9. The van der Waals surface area contributed by atoms with E-state index in [0.717, 1.165) is 16.7 Å². The Morgan fingerprint density at radius 2 is 1.88 bits per heavy atom. The highest BCUT2D eigenvalue weighted by Gasteiger charge is 2.33. The molecule has 0 unspecified atom stereocenters. The molecule has 0 aliphatic carbocycles. The summed E-state index contributed by atoms with van der Waals surface area (Å²) in [7, 11) is 1.57. The standard InChI is InChI=1S/C24H34N2O6/c1-7-26(8-2)24(29)25-21-17(12-10-15(4)11-13-19(27)31-9-3)22(30-6)16(5)18-14-32-23(28)20(18)21/h10H,7-9,11-14H2,1-6H3,(H,25,29). The van der Waals surface area contributed by atoms with Crippen LogP contribution in [0.2, 0.25) is 0 Å². The van der Waals surface area contributed by atoms with Crippen molar-refractivity contribution in [3.8, 4) is 5.75 Å². The van der Waals surface area contributed by atoms with Crippen LogP contribution in [-0.2, 0) is 27.3 Å². The fraction of sp³-hybridized carbons (Fsp3) is 0.542. The average Bonchev–Trinajstić information content (AvgIpc) is 3.15. The first-order valence-corrected chi connectivity index (χ1v) is 11.0. The number of cyclic esters (lactones) is 1. The van der Waals surface area contributed by atoms with Crippen LogP contribution in [0.15, 0.2) is 11.6 Å². The summed E-state index contributed by atoms with van der Waals surface area (Å²) in [6.07, 6.45) is 3.27. The van der Waals surface area contributed by atoms with Crippen LogP contribution < -0.4 is 10.1 Å². The number of esters is 2. The van der Waals surface area contributed by atoms with Crippen LogP contribution in [0.25, 0.3) is 0 Å². The fourth-order valence-electron chi connectivity index (χ4n) is 3.80. The van der Waals surface area contributed by atoms with Gasteiger partial charge in [0.15, 0.2) is 0 Å². The molecule has 8 nitrogen and oxygen atoms in total. The van der Waals surface area contributed by atoms with Crippen molar-refractivity contribution in [2.24, 2.45) is 0 Å². The van der Waals surface area contributed by atoms with E-state index in [1.165, 1.54) is 0 Å². The molecule has 2 rings (SSSR count). The van der Waals surface area contributed by atoms with Crippen LogP contribution in [0.5, 0.6) is 5.75 Å². The first kappa shape index (κ1) is 25.2. The van der Waals surface area contributed by atoms with Gasteiger partial charge in [-0.05, 0) is 53.0 Å². The molecule has 1 N–H and O–H groups in total. The number of nitrogens with one attached hydrogen (secondary N) is 1. The van der Waals surface area contributed by atoms with Gasteiger partial charge in [-0.3, -0.25) is 4.79 Å². The van der Waals surface area contributed by atoms with Crippen molar-refractivity contribution in [1.82, 2.24) is 4.90 Å². The normalized spacial score (nSPS) is 12.8. The third-order valence-electron chi connectivity index (χ3n) is 5.64. The van der Waals surface area contributed by atoms with Crippen molar-refractivity contribution >= 4 is 23.7 Å². The lowest BCUT2D eigenvalue weighted by Gasteiger charge is -2.23. The number of ether oxygens (including phenoxy) is 3. The minimum Gasteiger partial charge on any atom is -0.496 e. The minimum atomic E-state index is -0.454. The molecule has 1 aromatic carbocycles. The number of anilines is 1. The van der Waals surface area contributed by atoms with Gasteiger partial charge in [0.2, 0.25) is 0 Å². The third kappa shape index (κ3) is 5.60. The van der Waals surface area contributed by atoms with Crippen LogP contribution in [0, 0.1) is 6.92 Å². The molecule has 1 heterocycles. The van der Waals surface area contributed by atoms with E-state index in [2.05, 4.69) is 5.32 Å². The first-order valence-electron chi connectivity index (χ1n) is 11.0. The van der Waals surface area contributed by atoms with Gasteiger partial charge >= 0.3 is 18.0 Å². The van der Waals surface area contributed by atoms with Crippen molar-refractivity contribution < 1.29 is 28.6 Å². The average molecular weight is 447 g/mol. The lowest BCUT2D eigenvalue weighted by molar-refractivity contribution is -0.143. The van der Waals surface area contributed by atoms with Gasteiger partial charge in [-0.2, -0.15) is 0 Å². The summed E-state index contributed by atoms with van der Waals surface area (Å²) in [5.41, 5.74) is 4.07. The van der Waals surface area contributed by atoms with Crippen LogP contribution in [0.4, 0.5) is 10.5 Å². The number of benzene rings is 1. The zero-order valence-corrected chi connectivity index (χ0v) is 19.9. The number of amides is 2. The second-order valence-corrected chi connectivity index (χ2v) is 7.60. The van der Waals surface area contributed by atoms with Crippen molar-refractivity contribution in [2.45, 2.75) is 60.5 Å². The van der Waals surface area contributed by atoms with Crippen molar-refractivity contribution in [1.29, 1.82) is 0 Å². The molecule has 0 radical (unpaired) electrons. The SMILES string of the molecule is CCOC(=O)CCC(C)=CCc1c(NC(=O)N(CC)CC)c2c(c(C)c1OC)COC2=O. The van der Waals surface area contributed by atoms with E-state index in [9.17, 15) is 14.4 Å². The zero-order chi connectivity index (χ0) is 23.8. The van der Waals surface area contributed by atoms with E-state index in [1.54, 1.807) is 18.9 Å². The summed E-state index contributed by atoms with van der Waals surface area (Å²) in [6, 6.07) is -0.285. The number of methoxy groups -OCH3 is 1. The van der Waals surface area contributed by atoms with E-state index in [4.69, 9.17) is 14.2 Å². The molecular weight excluding hydrogens is 412 g/mol. The minimum absolute atomic E-state index is 0.152. The maximum atomic E-state index is 12.9. The number of urea groups is 1. The molecule has 32 heavy (non-hydrogen) atoms. The molecule has 0 fully saturated rings. The molecule has 0 saturated heterocycles. The maximum Gasteiger partial charge on any atom is 0.341 e. The molecule has 1 aliphatic heterocycles. The Kier molecular flexibility index (Phi) is 9.11. The molecule has 0 spiro atoms. The van der Waals surface area contributed by atoms with Crippen molar-refractivity contribution in [2.75, 3.05) is 32.1 Å². The number of fused-ring (bicyclic) bond motifs is 1. The Morgan fingerprint density at radius 3 is 2.47 bits per heavy atom. The Labute approximate surface area is 189 Å². The predicted octanol–water partition coefficient (Wildman–Crippen LogP) is 4.38. The van der Waals surface area contributed by atoms with Gasteiger partial charge in [0, 0.05) is 30.6 Å². The quantitative estimate of drug-likeness (QED) is 0.423. The Morgan fingerprint density at radius 1 is 1.19 bits per heavy atom. The van der Waals surface area contributed by atoms with E-state index < -0.39 is 5.97 Å². The molecule has 0 saturated carbocycles. The Bertz CT molecular complexity index is 902. The summed E-state index contributed by atoms with van der Waals surface area (Å²) in [5.74, 6) is -0.0719. The van der Waals surface area contributed by atoms with E-state index >= 15 is 0 Å². The summed E-state index contributed by atoms with van der Waals surface area (Å²) < 4.78 is 16.0. The van der Waals surface area contributed by atoms with E-state index in [-0.39, 0.29) is 18.6 Å². The van der Waals surface area contributed by atoms with Gasteiger partial charge in [-0.1, -0.05) is 11.6 Å². The molecule has 176 valence electrons. The molecule has 2 amide bonds. The highest BCUT2D eigenvalue weighted by molar-refractivity contribution is 6.05. The molecular formula is C24H34N2O6. The number of allylic oxidation sites excluding steroid dienone is 2. The van der Waals surface area contributed by atoms with Crippen molar-refractivity contribution in [3.63, 3.8) is 0 Å². The molecule has 8 heteroatoms. The number of hydrogen-bond donors (Lipinski definition) is 1. The number of nitrogens with zero attached hydrogens (tertiary/aromatic N) is 1. The molecule has 0 atom stereocenters. The Hall–Kier alpha value is -3.03. The lowest BCUT2D eigenvalue weighted by Crippen LogP contribution is -2.35. The number of hydrogen-bond acceptors (Lipinski definition) is 6. The smallest absolute Gasteiger partial charge is 0.341 e. The van der Waals surface area contributed by atoms with Crippen LogP contribution >= 0.6 is 0 Å². The van der Waals surface area contributed by atoms with Gasteiger partial charge in [0.1, 0.15) is 12.4 Å². The topological polar surface area (TPSA) is 94.2 Å². The molecule has 0 aromatic heterocycles. The summed E-state index contributed by atoms with van der Waals surface area (Å²) in [5, 5.41) is 2.94. The summed E-state index contributed by atoms with van der Waals surface area (Å²) >= 11 is 0. The highest BCUT2D eigenvalue weighted by atomic mass is 16.5. The van der Waals surface area contributed by atoms with Crippen LogP contribution in [0.1, 0.15) is 67.6 Å². The van der Waals surface area contributed by atoms with Crippen molar-refractivity contribution in [3.05, 3.63) is 33.9 Å². The van der Waals surface area contributed by atoms with Gasteiger partial charge in [0.05, 0.1) is 25.0 Å². The van der Waals surface area contributed by atoms with Gasteiger partial charge in [0.25, 0.3) is 0 Å². The van der Waals surface area contributed by atoms with Gasteiger partial charge < -0.3 is 24.4 Å². The second-order valence-electron chi connectivity index (χ2n) is 7.60. The molecule has 1 aromatic rings. The zero-order valence-electron chi connectivity index (χ0n) is 19.9. The van der Waals surface area contributed by atoms with E-state index in [0.29, 0.717) is 61.5 Å². The number of carbonyl (C=O) groups excluding carboxylic acids is 3. The number of carbonyl (C=O) groups is 3. The molecule has 0 bridgehead atoms. The van der Waals surface area contributed by atoms with E-state index in [1.807, 2.05) is 33.8 Å². The number of rotatable bonds is 10. The largest absolute Gasteiger partial charge is 0.496 e.